The number of carbonyl (C=O) groups is 5. The van der Waals surface area contributed by atoms with Gasteiger partial charge in [0.1, 0.15) is 17.2 Å². The van der Waals surface area contributed by atoms with Crippen LogP contribution in [0, 0.1) is 0 Å². The molecule has 4 rings (SSSR count). The minimum atomic E-state index is -0.967. The Morgan fingerprint density at radius 1 is 0.685 bits per heavy atom. The van der Waals surface area contributed by atoms with Crippen molar-refractivity contribution < 1.29 is 33.4 Å². The van der Waals surface area contributed by atoms with Crippen molar-refractivity contribution in [1.29, 1.82) is 0 Å². The molecule has 0 aliphatic heterocycles. The third-order valence-electron chi connectivity index (χ3n) is 7.48. The van der Waals surface area contributed by atoms with Crippen molar-refractivity contribution in [3.8, 4) is 0 Å². The summed E-state index contributed by atoms with van der Waals surface area (Å²) in [5.41, 5.74) is 0.167. The molecule has 0 aliphatic carbocycles. The number of alkyl carbamates (subject to hydrolysis) is 2. The number of hydrogen-bond donors (Lipinski definition) is 5. The maximum atomic E-state index is 13.7. The molecule has 0 heterocycles. The van der Waals surface area contributed by atoms with Gasteiger partial charge in [0.25, 0.3) is 11.8 Å². The number of carbonyl (C=O) groups excluding carboxylic acids is 5. The largest absolute Gasteiger partial charge is 0.444 e. The molecular formula is C41H48N6O7. The number of rotatable bonds is 11. The van der Waals surface area contributed by atoms with Gasteiger partial charge in [-0.1, -0.05) is 72.8 Å². The predicted octanol–water partition coefficient (Wildman–Crippen LogP) is 6.34. The first-order valence-electron chi connectivity index (χ1n) is 17.6. The molecule has 5 amide bonds. The summed E-state index contributed by atoms with van der Waals surface area (Å²) in [7, 11) is 0. The lowest BCUT2D eigenvalue weighted by atomic mass is 10.0. The number of fused-ring (bicyclic) bond motifs is 1. The molecule has 0 saturated carbocycles. The molecule has 0 fully saturated rings. The van der Waals surface area contributed by atoms with Gasteiger partial charge in [0.15, 0.2) is 0 Å². The summed E-state index contributed by atoms with van der Waals surface area (Å²) in [4.78, 5) is 69.6. The summed E-state index contributed by atoms with van der Waals surface area (Å²) in [6, 6.07) is 28.0. The number of aliphatic imine (C=N–C) groups is 1. The Bertz CT molecular complexity index is 1950. The topological polar surface area (TPSA) is 176 Å². The Kier molecular flexibility index (Phi) is 13.9. The standard InChI is InChI=1S/C41H48N6O7/c1-40(2,3)53-38(51)46-37(47-39(52)54-41(4,5)6)43-24-14-23-42-36(50)33(25-27-15-8-7-9-16-27)45-35(49)31-19-12-13-20-32(31)44-34(48)30-22-21-28-17-10-11-18-29(28)26-30/h7-13,15-22,26,33H,14,23-25H2,1-6H3,(H,42,50)(H,44,48)(H,45,49)(H2,43,46,47,51,52)/t33-/m0/s1. The number of amides is 5. The van der Waals surface area contributed by atoms with Crippen LogP contribution in [-0.2, 0) is 20.7 Å². The van der Waals surface area contributed by atoms with E-state index in [2.05, 4.69) is 31.6 Å². The van der Waals surface area contributed by atoms with E-state index in [1.54, 1.807) is 77.9 Å². The lowest BCUT2D eigenvalue weighted by Gasteiger charge is -2.22. The second-order valence-electron chi connectivity index (χ2n) is 14.4. The van der Waals surface area contributed by atoms with Crippen molar-refractivity contribution in [1.82, 2.24) is 21.3 Å². The summed E-state index contributed by atoms with van der Waals surface area (Å²) in [5.74, 6) is -1.54. The minimum absolute atomic E-state index is 0.0984. The number of ether oxygens (including phenoxy) is 2. The summed E-state index contributed by atoms with van der Waals surface area (Å²) in [6.07, 6.45) is -1.12. The van der Waals surface area contributed by atoms with Gasteiger partial charge in [-0.05, 0) is 88.6 Å². The van der Waals surface area contributed by atoms with Crippen LogP contribution in [0.2, 0.25) is 0 Å². The van der Waals surface area contributed by atoms with Gasteiger partial charge in [-0.3, -0.25) is 30.0 Å². The molecule has 0 aromatic heterocycles. The van der Waals surface area contributed by atoms with E-state index < -0.39 is 41.2 Å². The number of anilines is 1. The Morgan fingerprint density at radius 2 is 1.28 bits per heavy atom. The van der Waals surface area contributed by atoms with Gasteiger partial charge >= 0.3 is 12.2 Å². The van der Waals surface area contributed by atoms with Crippen LogP contribution in [0.4, 0.5) is 15.3 Å². The third-order valence-corrected chi connectivity index (χ3v) is 7.48. The van der Waals surface area contributed by atoms with Crippen molar-refractivity contribution in [3.05, 3.63) is 114 Å². The Morgan fingerprint density at radius 3 is 1.93 bits per heavy atom. The quantitative estimate of drug-likeness (QED) is 0.0678. The predicted molar refractivity (Wildman–Crippen MR) is 208 cm³/mol. The van der Waals surface area contributed by atoms with Crippen molar-refractivity contribution >= 4 is 52.3 Å². The van der Waals surface area contributed by atoms with Crippen molar-refractivity contribution in [2.45, 2.75) is 71.6 Å². The van der Waals surface area contributed by atoms with Crippen molar-refractivity contribution in [2.24, 2.45) is 4.99 Å². The highest BCUT2D eigenvalue weighted by molar-refractivity contribution is 6.10. The smallest absolute Gasteiger partial charge is 0.414 e. The van der Waals surface area contributed by atoms with Gasteiger partial charge in [-0.25, -0.2) is 9.59 Å². The fraction of sp³-hybridized carbons (Fsp3) is 0.317. The number of nitrogens with one attached hydrogen (secondary N) is 5. The van der Waals surface area contributed by atoms with E-state index in [9.17, 15) is 24.0 Å². The number of benzene rings is 4. The van der Waals surface area contributed by atoms with E-state index >= 15 is 0 Å². The molecule has 4 aromatic rings. The van der Waals surface area contributed by atoms with E-state index in [1.165, 1.54) is 0 Å². The molecular weight excluding hydrogens is 688 g/mol. The average molecular weight is 737 g/mol. The normalized spacial score (nSPS) is 11.7. The number of nitrogens with zero attached hydrogens (tertiary/aromatic N) is 1. The molecule has 4 aromatic carbocycles. The van der Waals surface area contributed by atoms with Crippen LogP contribution in [-0.4, -0.2) is 66.2 Å². The van der Waals surface area contributed by atoms with Crippen LogP contribution in [0.3, 0.4) is 0 Å². The van der Waals surface area contributed by atoms with Crippen molar-refractivity contribution in [3.63, 3.8) is 0 Å². The second-order valence-corrected chi connectivity index (χ2v) is 14.4. The third kappa shape index (κ3) is 13.4. The fourth-order valence-corrected chi connectivity index (χ4v) is 5.13. The zero-order valence-corrected chi connectivity index (χ0v) is 31.4. The van der Waals surface area contributed by atoms with E-state index in [0.29, 0.717) is 17.7 Å². The molecule has 0 spiro atoms. The zero-order valence-electron chi connectivity index (χ0n) is 31.4. The van der Waals surface area contributed by atoms with Crippen LogP contribution < -0.4 is 26.6 Å². The lowest BCUT2D eigenvalue weighted by molar-refractivity contribution is -0.122. The molecule has 0 unspecified atom stereocenters. The first-order chi connectivity index (χ1) is 25.6. The van der Waals surface area contributed by atoms with Crippen LogP contribution in [0.15, 0.2) is 102 Å². The maximum Gasteiger partial charge on any atom is 0.414 e. The van der Waals surface area contributed by atoms with Gasteiger partial charge in [0, 0.05) is 25.1 Å². The molecule has 0 radical (unpaired) electrons. The van der Waals surface area contributed by atoms with Gasteiger partial charge in [0.2, 0.25) is 11.9 Å². The molecule has 13 nitrogen and oxygen atoms in total. The summed E-state index contributed by atoms with van der Waals surface area (Å²) in [5, 5.41) is 15.3. The average Bonchev–Trinajstić information content (AvgIpc) is 3.09. The van der Waals surface area contributed by atoms with Gasteiger partial charge in [-0.2, -0.15) is 0 Å². The van der Waals surface area contributed by atoms with E-state index in [1.807, 2.05) is 60.7 Å². The molecule has 13 heteroatoms. The molecule has 0 aliphatic rings. The zero-order chi connectivity index (χ0) is 39.3. The monoisotopic (exact) mass is 736 g/mol. The Labute approximate surface area is 315 Å². The van der Waals surface area contributed by atoms with Gasteiger partial charge in [0.05, 0.1) is 11.3 Å². The maximum absolute atomic E-state index is 13.7. The summed E-state index contributed by atoms with van der Waals surface area (Å²) < 4.78 is 10.5. The number of guanidine groups is 1. The Hall–Kier alpha value is -6.24. The Balaban J connectivity index is 1.42. The van der Waals surface area contributed by atoms with E-state index in [-0.39, 0.29) is 36.9 Å². The van der Waals surface area contributed by atoms with E-state index in [0.717, 1.165) is 16.3 Å². The minimum Gasteiger partial charge on any atom is -0.444 e. The van der Waals surface area contributed by atoms with Crippen LogP contribution in [0.25, 0.3) is 10.8 Å². The number of hydrogen-bond acceptors (Lipinski definition) is 8. The highest BCUT2D eigenvalue weighted by Crippen LogP contribution is 2.20. The summed E-state index contributed by atoms with van der Waals surface area (Å²) in [6.45, 7) is 10.5. The lowest BCUT2D eigenvalue weighted by Crippen LogP contribution is -2.48. The second kappa shape index (κ2) is 18.5. The molecule has 284 valence electrons. The highest BCUT2D eigenvalue weighted by Gasteiger charge is 2.24. The molecule has 1 atom stereocenters. The van der Waals surface area contributed by atoms with Crippen LogP contribution in [0.1, 0.15) is 74.2 Å². The fourth-order valence-electron chi connectivity index (χ4n) is 5.13. The van der Waals surface area contributed by atoms with Crippen LogP contribution >= 0.6 is 0 Å². The molecule has 5 N–H and O–H groups in total. The molecule has 54 heavy (non-hydrogen) atoms. The summed E-state index contributed by atoms with van der Waals surface area (Å²) >= 11 is 0. The highest BCUT2D eigenvalue weighted by atomic mass is 16.6. The van der Waals surface area contributed by atoms with Gasteiger partial charge in [-0.15, -0.1) is 0 Å². The first-order valence-corrected chi connectivity index (χ1v) is 17.6. The van der Waals surface area contributed by atoms with Gasteiger partial charge < -0.3 is 25.4 Å². The van der Waals surface area contributed by atoms with E-state index in [4.69, 9.17) is 9.47 Å². The van der Waals surface area contributed by atoms with Crippen LogP contribution in [0.5, 0.6) is 0 Å². The first kappa shape index (κ1) is 40.5. The molecule has 0 bridgehead atoms. The van der Waals surface area contributed by atoms with Crippen molar-refractivity contribution in [2.75, 3.05) is 18.4 Å². The SMILES string of the molecule is CC(C)(C)OC(=O)NC(=NCCCNC(=O)[C@H](Cc1ccccc1)NC(=O)c1ccccc1NC(=O)c1ccc2ccccc2c1)NC(=O)OC(C)(C)C. The number of para-hydroxylation sites is 1. The molecule has 0 saturated heterocycles.